The number of urea groups is 1. The summed E-state index contributed by atoms with van der Waals surface area (Å²) in [5, 5.41) is 15.1. The van der Waals surface area contributed by atoms with E-state index >= 15 is 0 Å². The number of carbonyl (C=O) groups is 1. The normalized spacial score (nSPS) is 13.5. The van der Waals surface area contributed by atoms with Crippen molar-refractivity contribution in [3.63, 3.8) is 0 Å². The van der Waals surface area contributed by atoms with Crippen LogP contribution >= 0.6 is 11.6 Å². The van der Waals surface area contributed by atoms with Crippen molar-refractivity contribution in [1.82, 2.24) is 5.32 Å². The zero-order valence-electron chi connectivity index (χ0n) is 11.8. The first-order chi connectivity index (χ1) is 10.5. The van der Waals surface area contributed by atoms with Crippen LogP contribution in [0.4, 0.5) is 14.9 Å². The van der Waals surface area contributed by atoms with Crippen LogP contribution in [0.5, 0.6) is 0 Å². The van der Waals surface area contributed by atoms with E-state index in [9.17, 15) is 14.3 Å². The lowest BCUT2D eigenvalue weighted by molar-refractivity contribution is 0.130. The van der Waals surface area contributed by atoms with E-state index in [1.165, 1.54) is 24.5 Å². The molecule has 0 fully saturated rings. The van der Waals surface area contributed by atoms with Gasteiger partial charge >= 0.3 is 6.03 Å². The van der Waals surface area contributed by atoms with Gasteiger partial charge in [-0.2, -0.15) is 0 Å². The van der Waals surface area contributed by atoms with E-state index in [-0.39, 0.29) is 11.1 Å². The fourth-order valence-corrected chi connectivity index (χ4v) is 2.14. The number of carbonyl (C=O) groups excluding carboxylic acids is 1. The van der Waals surface area contributed by atoms with E-state index in [2.05, 4.69) is 10.6 Å². The molecule has 0 saturated carbocycles. The fraction of sp³-hybridized carbons (Fsp3) is 0.267. The highest BCUT2D eigenvalue weighted by Crippen LogP contribution is 2.20. The quantitative estimate of drug-likeness (QED) is 0.784. The van der Waals surface area contributed by atoms with Crippen molar-refractivity contribution in [3.8, 4) is 0 Å². The molecular weight excluding hydrogens is 311 g/mol. The van der Waals surface area contributed by atoms with Crippen LogP contribution in [0.3, 0.4) is 0 Å². The van der Waals surface area contributed by atoms with Crippen LogP contribution in [0.1, 0.15) is 25.2 Å². The molecule has 1 aromatic heterocycles. The summed E-state index contributed by atoms with van der Waals surface area (Å²) in [5.74, 6) is -0.109. The molecule has 0 spiro atoms. The summed E-state index contributed by atoms with van der Waals surface area (Å²) in [6.45, 7) is 1.75. The number of halogens is 2. The Bertz CT molecular complexity index is 634. The third kappa shape index (κ3) is 4.47. The molecule has 2 atom stereocenters. The third-order valence-electron chi connectivity index (χ3n) is 3.00. The minimum absolute atomic E-state index is 0.0703. The lowest BCUT2D eigenvalue weighted by atomic mass is 10.1. The van der Waals surface area contributed by atoms with Crippen LogP contribution in [0.15, 0.2) is 41.0 Å². The SMILES string of the molecule is CC(CC(O)c1ccco1)NC(=O)Nc1ccc(F)c(Cl)c1. The van der Waals surface area contributed by atoms with Crippen LogP contribution in [0.2, 0.25) is 5.02 Å². The maximum atomic E-state index is 13.0. The van der Waals surface area contributed by atoms with Gasteiger partial charge in [0.15, 0.2) is 0 Å². The highest BCUT2D eigenvalue weighted by atomic mass is 35.5. The second kappa shape index (κ2) is 7.29. The first-order valence-corrected chi connectivity index (χ1v) is 7.07. The molecule has 1 aromatic carbocycles. The molecule has 2 aromatic rings. The average molecular weight is 327 g/mol. The molecule has 3 N–H and O–H groups in total. The number of furan rings is 1. The molecule has 2 rings (SSSR count). The van der Waals surface area contributed by atoms with Gasteiger partial charge in [-0.3, -0.25) is 0 Å². The molecular formula is C15H16ClFN2O3. The first-order valence-electron chi connectivity index (χ1n) is 6.69. The molecule has 5 nitrogen and oxygen atoms in total. The third-order valence-corrected chi connectivity index (χ3v) is 3.29. The van der Waals surface area contributed by atoms with E-state index in [0.29, 0.717) is 17.9 Å². The van der Waals surface area contributed by atoms with Gasteiger partial charge in [0.2, 0.25) is 0 Å². The van der Waals surface area contributed by atoms with Gasteiger partial charge in [-0.15, -0.1) is 0 Å². The molecule has 0 bridgehead atoms. The minimum Gasteiger partial charge on any atom is -0.467 e. The highest BCUT2D eigenvalue weighted by Gasteiger charge is 2.16. The molecule has 7 heteroatoms. The largest absolute Gasteiger partial charge is 0.467 e. The van der Waals surface area contributed by atoms with E-state index in [1.54, 1.807) is 19.1 Å². The molecule has 2 amide bonds. The Balaban J connectivity index is 1.84. The van der Waals surface area contributed by atoms with Crippen molar-refractivity contribution in [2.24, 2.45) is 0 Å². The van der Waals surface area contributed by atoms with Crippen LogP contribution < -0.4 is 10.6 Å². The number of aliphatic hydroxyl groups excluding tert-OH is 1. The average Bonchev–Trinajstić information content (AvgIpc) is 2.96. The van der Waals surface area contributed by atoms with Gasteiger partial charge in [0.05, 0.1) is 11.3 Å². The van der Waals surface area contributed by atoms with Gasteiger partial charge in [0.25, 0.3) is 0 Å². The van der Waals surface area contributed by atoms with Crippen molar-refractivity contribution in [2.45, 2.75) is 25.5 Å². The second-order valence-electron chi connectivity index (χ2n) is 4.90. The van der Waals surface area contributed by atoms with Crippen molar-refractivity contribution in [2.75, 3.05) is 5.32 Å². The summed E-state index contributed by atoms with van der Waals surface area (Å²) in [5.41, 5.74) is 0.377. The first kappa shape index (κ1) is 16.3. The monoisotopic (exact) mass is 326 g/mol. The summed E-state index contributed by atoms with van der Waals surface area (Å²) in [6.07, 6.45) is 0.970. The number of rotatable bonds is 5. The van der Waals surface area contributed by atoms with Crippen LogP contribution in [-0.2, 0) is 0 Å². The predicted molar refractivity (Wildman–Crippen MR) is 81.3 cm³/mol. The molecule has 118 valence electrons. The van der Waals surface area contributed by atoms with Crippen LogP contribution in [-0.4, -0.2) is 17.2 Å². The number of aliphatic hydroxyl groups is 1. The van der Waals surface area contributed by atoms with Gasteiger partial charge in [-0.25, -0.2) is 9.18 Å². The number of hydrogen-bond donors (Lipinski definition) is 3. The summed E-state index contributed by atoms with van der Waals surface area (Å²) < 4.78 is 18.1. The number of hydrogen-bond acceptors (Lipinski definition) is 3. The van der Waals surface area contributed by atoms with Crippen molar-refractivity contribution >= 4 is 23.3 Å². The van der Waals surface area contributed by atoms with Crippen LogP contribution in [0.25, 0.3) is 0 Å². The molecule has 0 saturated heterocycles. The molecule has 2 unspecified atom stereocenters. The topological polar surface area (TPSA) is 74.5 Å². The predicted octanol–water partition coefficient (Wildman–Crippen LogP) is 3.71. The van der Waals surface area contributed by atoms with E-state index < -0.39 is 18.0 Å². The van der Waals surface area contributed by atoms with Crippen molar-refractivity contribution < 1.29 is 18.7 Å². The second-order valence-corrected chi connectivity index (χ2v) is 5.30. The highest BCUT2D eigenvalue weighted by molar-refractivity contribution is 6.31. The lowest BCUT2D eigenvalue weighted by Gasteiger charge is -2.17. The number of nitrogens with one attached hydrogen (secondary N) is 2. The summed E-state index contributed by atoms with van der Waals surface area (Å²) in [4.78, 5) is 11.8. The Morgan fingerprint density at radius 1 is 1.45 bits per heavy atom. The summed E-state index contributed by atoms with van der Waals surface area (Å²) in [6, 6.07) is 6.47. The van der Waals surface area contributed by atoms with Crippen LogP contribution in [0, 0.1) is 5.82 Å². The Labute approximate surface area is 132 Å². The van der Waals surface area contributed by atoms with Crippen molar-refractivity contribution in [3.05, 3.63) is 53.2 Å². The molecule has 22 heavy (non-hydrogen) atoms. The van der Waals surface area contributed by atoms with Gasteiger partial charge in [-0.1, -0.05) is 11.6 Å². The zero-order chi connectivity index (χ0) is 16.1. The molecule has 0 radical (unpaired) electrons. The maximum Gasteiger partial charge on any atom is 0.319 e. The van der Waals surface area contributed by atoms with Gasteiger partial charge in [0, 0.05) is 18.2 Å². The van der Waals surface area contributed by atoms with Gasteiger partial charge in [-0.05, 0) is 37.3 Å². The number of benzene rings is 1. The Morgan fingerprint density at radius 2 is 2.23 bits per heavy atom. The standard InChI is InChI=1S/C15H16ClFN2O3/c1-9(7-13(20)14-3-2-6-22-14)18-15(21)19-10-4-5-12(17)11(16)8-10/h2-6,8-9,13,20H,7H2,1H3,(H2,18,19,21). The molecule has 0 aliphatic carbocycles. The summed E-state index contributed by atoms with van der Waals surface area (Å²) in [7, 11) is 0. The summed E-state index contributed by atoms with van der Waals surface area (Å²) >= 11 is 5.64. The van der Waals surface area contributed by atoms with E-state index in [1.807, 2.05) is 0 Å². The van der Waals surface area contributed by atoms with Gasteiger partial charge < -0.3 is 20.2 Å². The lowest BCUT2D eigenvalue weighted by Crippen LogP contribution is -2.37. The minimum atomic E-state index is -0.800. The Morgan fingerprint density at radius 3 is 2.86 bits per heavy atom. The Kier molecular flexibility index (Phi) is 5.41. The maximum absolute atomic E-state index is 13.0. The van der Waals surface area contributed by atoms with Gasteiger partial charge in [0.1, 0.15) is 17.7 Å². The Hall–Kier alpha value is -2.05. The smallest absolute Gasteiger partial charge is 0.319 e. The van der Waals surface area contributed by atoms with E-state index in [0.717, 1.165) is 0 Å². The number of amides is 2. The van der Waals surface area contributed by atoms with Crippen molar-refractivity contribution in [1.29, 1.82) is 0 Å². The fourth-order valence-electron chi connectivity index (χ4n) is 1.96. The number of anilines is 1. The zero-order valence-corrected chi connectivity index (χ0v) is 12.6. The molecule has 0 aliphatic heterocycles. The molecule has 0 aliphatic rings. The molecule has 1 heterocycles. The van der Waals surface area contributed by atoms with E-state index in [4.69, 9.17) is 16.0 Å².